The van der Waals surface area contributed by atoms with Gasteiger partial charge in [-0.15, -0.1) is 0 Å². The van der Waals surface area contributed by atoms with Crippen LogP contribution >= 0.6 is 0 Å². The number of carbonyl (C=O) groups is 1. The van der Waals surface area contributed by atoms with Crippen LogP contribution in [-0.2, 0) is 4.79 Å². The predicted octanol–water partition coefficient (Wildman–Crippen LogP) is 4.18. The van der Waals surface area contributed by atoms with Gasteiger partial charge in [-0.2, -0.15) is 0 Å². The molecule has 1 amide bonds. The molecule has 1 aromatic rings. The number of benzene rings is 1. The maximum absolute atomic E-state index is 12.6. The van der Waals surface area contributed by atoms with Crippen molar-refractivity contribution in [1.29, 1.82) is 0 Å². The molecular formula is C19H31NO3. The van der Waals surface area contributed by atoms with Crippen LogP contribution in [0.2, 0.25) is 0 Å². The van der Waals surface area contributed by atoms with Crippen LogP contribution in [0.1, 0.15) is 54.4 Å². The molecule has 0 saturated heterocycles. The topological polar surface area (TPSA) is 47.6 Å². The molecule has 0 fully saturated rings. The van der Waals surface area contributed by atoms with Crippen LogP contribution in [-0.4, -0.2) is 24.7 Å². The van der Waals surface area contributed by atoms with Crippen LogP contribution in [0.4, 0.5) is 0 Å². The second-order valence-electron chi connectivity index (χ2n) is 7.80. The Kier molecular flexibility index (Phi) is 6.48. The normalized spacial score (nSPS) is 13.3. The largest absolute Gasteiger partial charge is 0.497 e. The number of hydrogen-bond donors (Lipinski definition) is 1. The van der Waals surface area contributed by atoms with Crippen molar-refractivity contribution in [2.75, 3.05) is 7.11 Å². The first kappa shape index (κ1) is 19.3. The molecule has 0 radical (unpaired) electrons. The van der Waals surface area contributed by atoms with Gasteiger partial charge in [0.2, 0.25) is 0 Å². The Morgan fingerprint density at radius 1 is 1.17 bits per heavy atom. The van der Waals surface area contributed by atoms with Crippen molar-refractivity contribution in [3.8, 4) is 11.5 Å². The zero-order chi connectivity index (χ0) is 17.7. The summed E-state index contributed by atoms with van der Waals surface area (Å²) in [6.45, 7) is 12.6. The summed E-state index contributed by atoms with van der Waals surface area (Å²) in [5.74, 6) is 1.27. The molecular weight excluding hydrogens is 290 g/mol. The molecule has 4 heteroatoms. The standard InChI is InChI=1S/C19H31NO3/c1-8-16(23-15-11-9-10-14(12-15)22-7)17(21)20-19(5,6)13-18(2,3)4/h9-12,16H,8,13H2,1-7H3,(H,20,21)/t16-/m1/s1. The van der Waals surface area contributed by atoms with E-state index in [1.807, 2.05) is 25.1 Å². The lowest BCUT2D eigenvalue weighted by Gasteiger charge is -2.34. The molecule has 1 N–H and O–H groups in total. The fraction of sp³-hybridized carbons (Fsp3) is 0.632. The van der Waals surface area contributed by atoms with E-state index < -0.39 is 6.10 Å². The van der Waals surface area contributed by atoms with E-state index >= 15 is 0 Å². The van der Waals surface area contributed by atoms with E-state index in [0.717, 1.165) is 6.42 Å². The van der Waals surface area contributed by atoms with Crippen molar-refractivity contribution in [1.82, 2.24) is 5.32 Å². The Balaban J connectivity index is 2.75. The molecule has 0 bridgehead atoms. The molecule has 0 spiro atoms. The molecule has 0 aromatic heterocycles. The minimum Gasteiger partial charge on any atom is -0.497 e. The summed E-state index contributed by atoms with van der Waals surface area (Å²) in [7, 11) is 1.61. The highest BCUT2D eigenvalue weighted by molar-refractivity contribution is 5.81. The molecule has 0 unspecified atom stereocenters. The first-order chi connectivity index (χ1) is 10.6. The summed E-state index contributed by atoms with van der Waals surface area (Å²) >= 11 is 0. The number of rotatable bonds is 7. The van der Waals surface area contributed by atoms with E-state index in [-0.39, 0.29) is 16.9 Å². The third-order valence-electron chi connectivity index (χ3n) is 3.42. The number of ether oxygens (including phenoxy) is 2. The fourth-order valence-corrected chi connectivity index (χ4v) is 2.95. The Morgan fingerprint density at radius 2 is 1.78 bits per heavy atom. The maximum Gasteiger partial charge on any atom is 0.261 e. The Morgan fingerprint density at radius 3 is 2.30 bits per heavy atom. The van der Waals surface area contributed by atoms with Crippen molar-refractivity contribution < 1.29 is 14.3 Å². The lowest BCUT2D eigenvalue weighted by atomic mass is 9.81. The van der Waals surface area contributed by atoms with Crippen LogP contribution in [0.5, 0.6) is 11.5 Å². The van der Waals surface area contributed by atoms with Crippen LogP contribution < -0.4 is 14.8 Å². The zero-order valence-corrected chi connectivity index (χ0v) is 15.5. The zero-order valence-electron chi connectivity index (χ0n) is 15.5. The minimum atomic E-state index is -0.513. The van der Waals surface area contributed by atoms with Gasteiger partial charge in [-0.05, 0) is 44.2 Å². The van der Waals surface area contributed by atoms with Crippen molar-refractivity contribution in [2.45, 2.75) is 66.0 Å². The summed E-state index contributed by atoms with van der Waals surface area (Å²) in [6.07, 6.45) is 0.983. The number of nitrogens with one attached hydrogen (secondary N) is 1. The van der Waals surface area contributed by atoms with E-state index in [1.165, 1.54) is 0 Å². The molecule has 1 rings (SSSR count). The van der Waals surface area contributed by atoms with E-state index in [1.54, 1.807) is 13.2 Å². The molecule has 0 heterocycles. The van der Waals surface area contributed by atoms with Crippen LogP contribution in [0.25, 0.3) is 0 Å². The first-order valence-electron chi connectivity index (χ1n) is 8.19. The lowest BCUT2D eigenvalue weighted by Crippen LogP contribution is -2.50. The number of amides is 1. The second-order valence-corrected chi connectivity index (χ2v) is 7.80. The van der Waals surface area contributed by atoms with Gasteiger partial charge in [0.15, 0.2) is 6.10 Å². The molecule has 0 aliphatic carbocycles. The molecule has 1 atom stereocenters. The van der Waals surface area contributed by atoms with E-state index in [0.29, 0.717) is 17.9 Å². The molecule has 0 aliphatic heterocycles. The second kappa shape index (κ2) is 7.71. The van der Waals surface area contributed by atoms with Crippen molar-refractivity contribution in [2.24, 2.45) is 5.41 Å². The van der Waals surface area contributed by atoms with Crippen molar-refractivity contribution in [3.63, 3.8) is 0 Å². The highest BCUT2D eigenvalue weighted by atomic mass is 16.5. The first-order valence-corrected chi connectivity index (χ1v) is 8.19. The van der Waals surface area contributed by atoms with Crippen molar-refractivity contribution >= 4 is 5.91 Å². The number of methoxy groups -OCH3 is 1. The molecule has 23 heavy (non-hydrogen) atoms. The monoisotopic (exact) mass is 321 g/mol. The van der Waals surface area contributed by atoms with Gasteiger partial charge in [-0.3, -0.25) is 4.79 Å². The average Bonchev–Trinajstić information content (AvgIpc) is 2.41. The molecule has 130 valence electrons. The van der Waals surface area contributed by atoms with Gasteiger partial charge in [0.25, 0.3) is 5.91 Å². The summed E-state index contributed by atoms with van der Waals surface area (Å²) in [5, 5.41) is 3.12. The molecule has 0 saturated carbocycles. The predicted molar refractivity (Wildman–Crippen MR) is 94.0 cm³/mol. The Labute approximate surface area is 140 Å². The maximum atomic E-state index is 12.6. The fourth-order valence-electron chi connectivity index (χ4n) is 2.95. The van der Waals surface area contributed by atoms with Gasteiger partial charge in [-0.1, -0.05) is 33.8 Å². The quantitative estimate of drug-likeness (QED) is 0.819. The van der Waals surface area contributed by atoms with Crippen molar-refractivity contribution in [3.05, 3.63) is 24.3 Å². The average molecular weight is 321 g/mol. The van der Waals surface area contributed by atoms with Gasteiger partial charge in [0.1, 0.15) is 11.5 Å². The Hall–Kier alpha value is -1.71. The number of hydrogen-bond acceptors (Lipinski definition) is 3. The lowest BCUT2D eigenvalue weighted by molar-refractivity contribution is -0.130. The van der Waals surface area contributed by atoms with Gasteiger partial charge in [0, 0.05) is 11.6 Å². The van der Waals surface area contributed by atoms with Crippen LogP contribution in [0.3, 0.4) is 0 Å². The van der Waals surface area contributed by atoms with Gasteiger partial charge in [-0.25, -0.2) is 0 Å². The van der Waals surface area contributed by atoms with Gasteiger partial charge in [0.05, 0.1) is 7.11 Å². The van der Waals surface area contributed by atoms with E-state index in [2.05, 4.69) is 39.9 Å². The summed E-state index contributed by atoms with van der Waals surface area (Å²) in [6, 6.07) is 7.32. The SMILES string of the molecule is CC[C@@H](Oc1cccc(OC)c1)C(=O)NC(C)(C)CC(C)(C)C. The smallest absolute Gasteiger partial charge is 0.261 e. The van der Waals surface area contributed by atoms with Crippen LogP contribution in [0.15, 0.2) is 24.3 Å². The molecule has 4 nitrogen and oxygen atoms in total. The van der Waals surface area contributed by atoms with Crippen LogP contribution in [0, 0.1) is 5.41 Å². The minimum absolute atomic E-state index is 0.0791. The highest BCUT2D eigenvalue weighted by Gasteiger charge is 2.30. The highest BCUT2D eigenvalue weighted by Crippen LogP contribution is 2.27. The molecule has 0 aliphatic rings. The number of carbonyl (C=O) groups excluding carboxylic acids is 1. The van der Waals surface area contributed by atoms with E-state index in [4.69, 9.17) is 9.47 Å². The third kappa shape index (κ3) is 6.93. The Bertz CT molecular complexity index is 518. The van der Waals surface area contributed by atoms with Gasteiger partial charge < -0.3 is 14.8 Å². The third-order valence-corrected chi connectivity index (χ3v) is 3.42. The summed E-state index contributed by atoms with van der Waals surface area (Å²) in [4.78, 5) is 12.6. The summed E-state index contributed by atoms with van der Waals surface area (Å²) in [5.41, 5.74) is -0.132. The molecule has 1 aromatic carbocycles. The van der Waals surface area contributed by atoms with E-state index in [9.17, 15) is 4.79 Å². The summed E-state index contributed by atoms with van der Waals surface area (Å²) < 4.78 is 11.0. The van der Waals surface area contributed by atoms with Gasteiger partial charge >= 0.3 is 0 Å².